The van der Waals surface area contributed by atoms with Gasteiger partial charge in [-0.2, -0.15) is 0 Å². The number of hydrogen-bond donors (Lipinski definition) is 1. The smallest absolute Gasteiger partial charge is 0.257 e. The lowest BCUT2D eigenvalue weighted by atomic mass is 10.2. The van der Waals surface area contributed by atoms with Crippen molar-refractivity contribution < 1.29 is 13.2 Å². The Hall–Kier alpha value is -2.78. The van der Waals surface area contributed by atoms with Crippen LogP contribution in [0, 0.1) is 6.92 Å². The predicted molar refractivity (Wildman–Crippen MR) is 108 cm³/mol. The zero-order valence-corrected chi connectivity index (χ0v) is 16.6. The lowest BCUT2D eigenvalue weighted by molar-refractivity contribution is 0.102. The molecule has 0 radical (unpaired) electrons. The molecule has 1 heterocycles. The fourth-order valence-electron chi connectivity index (χ4n) is 2.29. The molecule has 0 atom stereocenters. The molecular weight excluding hydrogens is 384 g/mol. The molecular formula is C18H18N4O3S2. The Kier molecular flexibility index (Phi) is 5.24. The molecule has 3 rings (SSSR count). The van der Waals surface area contributed by atoms with E-state index in [4.69, 9.17) is 0 Å². The van der Waals surface area contributed by atoms with Crippen LogP contribution < -0.4 is 9.62 Å². The summed E-state index contributed by atoms with van der Waals surface area (Å²) in [5.74, 6) is -0.384. The van der Waals surface area contributed by atoms with Gasteiger partial charge in [0.25, 0.3) is 5.91 Å². The van der Waals surface area contributed by atoms with Crippen LogP contribution in [-0.2, 0) is 10.0 Å². The normalized spacial score (nSPS) is 11.2. The number of anilines is 2. The number of rotatable bonds is 5. The maximum atomic E-state index is 12.5. The number of sulfonamides is 1. The SMILES string of the molecule is Cc1ccc(-c2nnc(NC(=O)c3cccc(N(C)S(C)(=O)=O)c3)s2)cc1. The summed E-state index contributed by atoms with van der Waals surface area (Å²) in [7, 11) is -1.97. The molecule has 0 aliphatic carbocycles. The van der Waals surface area contributed by atoms with E-state index >= 15 is 0 Å². The standard InChI is InChI=1S/C18H18N4O3S2/c1-12-7-9-13(10-8-12)17-20-21-18(26-17)19-16(23)14-5-4-6-15(11-14)22(2)27(3,24)25/h4-11H,1-3H3,(H,19,21,23). The van der Waals surface area contributed by atoms with Crippen molar-refractivity contribution in [1.82, 2.24) is 10.2 Å². The summed E-state index contributed by atoms with van der Waals surface area (Å²) in [5.41, 5.74) is 2.81. The number of carbonyl (C=O) groups is 1. The number of aryl methyl sites for hydroxylation is 1. The van der Waals surface area contributed by atoms with Gasteiger partial charge in [-0.1, -0.05) is 47.2 Å². The molecule has 1 aromatic heterocycles. The summed E-state index contributed by atoms with van der Waals surface area (Å²) in [6, 6.07) is 14.2. The third-order valence-electron chi connectivity index (χ3n) is 3.91. The molecule has 9 heteroatoms. The van der Waals surface area contributed by atoms with Crippen molar-refractivity contribution in [3.63, 3.8) is 0 Å². The van der Waals surface area contributed by atoms with Gasteiger partial charge in [0.2, 0.25) is 15.2 Å². The maximum Gasteiger partial charge on any atom is 0.257 e. The van der Waals surface area contributed by atoms with E-state index < -0.39 is 10.0 Å². The number of aromatic nitrogens is 2. The molecule has 0 aliphatic heterocycles. The third kappa shape index (κ3) is 4.50. The van der Waals surface area contributed by atoms with E-state index in [1.165, 1.54) is 24.5 Å². The Morgan fingerprint density at radius 3 is 2.48 bits per heavy atom. The average Bonchev–Trinajstić information content (AvgIpc) is 3.09. The second kappa shape index (κ2) is 7.45. The summed E-state index contributed by atoms with van der Waals surface area (Å²) in [4.78, 5) is 12.5. The number of hydrogen-bond acceptors (Lipinski definition) is 6. The van der Waals surface area contributed by atoms with Crippen LogP contribution in [0.5, 0.6) is 0 Å². The highest BCUT2D eigenvalue weighted by atomic mass is 32.2. The molecule has 0 unspecified atom stereocenters. The fraction of sp³-hybridized carbons (Fsp3) is 0.167. The van der Waals surface area contributed by atoms with Crippen LogP contribution in [0.4, 0.5) is 10.8 Å². The van der Waals surface area contributed by atoms with Crippen LogP contribution in [0.3, 0.4) is 0 Å². The summed E-state index contributed by atoms with van der Waals surface area (Å²) in [6.45, 7) is 2.00. The Morgan fingerprint density at radius 1 is 1.11 bits per heavy atom. The molecule has 7 nitrogen and oxygen atoms in total. The van der Waals surface area contributed by atoms with Crippen molar-refractivity contribution in [3.05, 3.63) is 59.7 Å². The van der Waals surface area contributed by atoms with Gasteiger partial charge in [-0.3, -0.25) is 14.4 Å². The van der Waals surface area contributed by atoms with E-state index in [1.54, 1.807) is 18.2 Å². The zero-order valence-electron chi connectivity index (χ0n) is 15.0. The molecule has 1 amide bonds. The summed E-state index contributed by atoms with van der Waals surface area (Å²) >= 11 is 1.27. The van der Waals surface area contributed by atoms with E-state index in [9.17, 15) is 13.2 Å². The molecule has 2 aromatic carbocycles. The number of nitrogens with one attached hydrogen (secondary N) is 1. The largest absolute Gasteiger partial charge is 0.296 e. The summed E-state index contributed by atoms with van der Waals surface area (Å²) in [6.07, 6.45) is 1.10. The number of nitrogens with zero attached hydrogens (tertiary/aromatic N) is 3. The molecule has 140 valence electrons. The minimum absolute atomic E-state index is 0.329. The first-order valence-corrected chi connectivity index (χ1v) is 10.7. The van der Waals surface area contributed by atoms with Crippen molar-refractivity contribution in [2.24, 2.45) is 0 Å². The van der Waals surface area contributed by atoms with Gasteiger partial charge < -0.3 is 0 Å². The van der Waals surface area contributed by atoms with Crippen LogP contribution in [-0.4, -0.2) is 37.8 Å². The first-order valence-electron chi connectivity index (χ1n) is 8.00. The highest BCUT2D eigenvalue weighted by molar-refractivity contribution is 7.92. The minimum Gasteiger partial charge on any atom is -0.296 e. The summed E-state index contributed by atoms with van der Waals surface area (Å²) < 4.78 is 24.5. The molecule has 0 spiro atoms. The first-order chi connectivity index (χ1) is 12.7. The highest BCUT2D eigenvalue weighted by Crippen LogP contribution is 2.27. The number of carbonyl (C=O) groups excluding carboxylic acids is 1. The fourth-order valence-corrected chi connectivity index (χ4v) is 3.53. The van der Waals surface area contributed by atoms with Gasteiger partial charge in [0.05, 0.1) is 11.9 Å². The van der Waals surface area contributed by atoms with E-state index in [2.05, 4.69) is 15.5 Å². The molecule has 1 N–H and O–H groups in total. The average molecular weight is 403 g/mol. The van der Waals surface area contributed by atoms with Gasteiger partial charge in [-0.25, -0.2) is 8.42 Å². The monoisotopic (exact) mass is 402 g/mol. The van der Waals surface area contributed by atoms with Crippen LogP contribution in [0.25, 0.3) is 10.6 Å². The van der Waals surface area contributed by atoms with Crippen molar-refractivity contribution in [1.29, 1.82) is 0 Å². The topological polar surface area (TPSA) is 92.3 Å². The van der Waals surface area contributed by atoms with Gasteiger partial charge in [-0.15, -0.1) is 10.2 Å². The molecule has 27 heavy (non-hydrogen) atoms. The van der Waals surface area contributed by atoms with Gasteiger partial charge in [-0.05, 0) is 25.1 Å². The Morgan fingerprint density at radius 2 is 1.81 bits per heavy atom. The molecule has 0 saturated heterocycles. The molecule has 0 fully saturated rings. The zero-order chi connectivity index (χ0) is 19.6. The van der Waals surface area contributed by atoms with E-state index in [1.807, 2.05) is 31.2 Å². The molecule has 0 bridgehead atoms. The summed E-state index contributed by atoms with van der Waals surface area (Å²) in [5, 5.41) is 11.9. The molecule has 0 aliphatic rings. The lowest BCUT2D eigenvalue weighted by Gasteiger charge is -2.17. The van der Waals surface area contributed by atoms with Gasteiger partial charge >= 0.3 is 0 Å². The van der Waals surface area contributed by atoms with Crippen LogP contribution >= 0.6 is 11.3 Å². The minimum atomic E-state index is -3.41. The second-order valence-electron chi connectivity index (χ2n) is 6.01. The number of amides is 1. The Bertz CT molecular complexity index is 1080. The molecule has 0 saturated carbocycles. The van der Waals surface area contributed by atoms with Crippen molar-refractivity contribution in [3.8, 4) is 10.6 Å². The lowest BCUT2D eigenvalue weighted by Crippen LogP contribution is -2.25. The van der Waals surface area contributed by atoms with Crippen molar-refractivity contribution >= 4 is 38.1 Å². The second-order valence-corrected chi connectivity index (χ2v) is 9.00. The quantitative estimate of drug-likeness (QED) is 0.708. The van der Waals surface area contributed by atoms with Crippen LogP contribution in [0.2, 0.25) is 0 Å². The first kappa shape index (κ1) is 19.0. The Labute approximate surface area is 161 Å². The van der Waals surface area contributed by atoms with E-state index in [-0.39, 0.29) is 5.91 Å². The van der Waals surface area contributed by atoms with Gasteiger partial charge in [0.1, 0.15) is 5.01 Å². The Balaban J connectivity index is 1.77. The highest BCUT2D eigenvalue weighted by Gasteiger charge is 2.15. The van der Waals surface area contributed by atoms with Crippen molar-refractivity contribution in [2.45, 2.75) is 6.92 Å². The molecule has 3 aromatic rings. The van der Waals surface area contributed by atoms with E-state index in [0.29, 0.717) is 21.4 Å². The van der Waals surface area contributed by atoms with Gasteiger partial charge in [0.15, 0.2) is 0 Å². The van der Waals surface area contributed by atoms with Crippen LogP contribution in [0.1, 0.15) is 15.9 Å². The van der Waals surface area contributed by atoms with Gasteiger partial charge in [0, 0.05) is 18.2 Å². The van der Waals surface area contributed by atoms with Crippen molar-refractivity contribution in [2.75, 3.05) is 22.9 Å². The van der Waals surface area contributed by atoms with E-state index in [0.717, 1.165) is 21.7 Å². The maximum absolute atomic E-state index is 12.5. The number of benzene rings is 2. The predicted octanol–water partition coefficient (Wildman–Crippen LogP) is 3.16. The van der Waals surface area contributed by atoms with Crippen LogP contribution in [0.15, 0.2) is 48.5 Å². The third-order valence-corrected chi connectivity index (χ3v) is 6.01.